The number of hydrogen-bond acceptors (Lipinski definition) is 4. The molecular formula is C12H11NO4. The van der Waals surface area contributed by atoms with Crippen molar-refractivity contribution in [2.75, 3.05) is 14.2 Å². The third-order valence-corrected chi connectivity index (χ3v) is 2.45. The average Bonchev–Trinajstić information content (AvgIpc) is 2.67. The number of benzene rings is 1. The van der Waals surface area contributed by atoms with Crippen molar-refractivity contribution >= 4 is 17.4 Å². The van der Waals surface area contributed by atoms with Crippen LogP contribution in [0.3, 0.4) is 0 Å². The van der Waals surface area contributed by atoms with Gasteiger partial charge in [-0.1, -0.05) is 0 Å². The Morgan fingerprint density at radius 1 is 1.12 bits per heavy atom. The highest BCUT2D eigenvalue weighted by molar-refractivity contribution is 6.34. The van der Waals surface area contributed by atoms with E-state index < -0.39 is 11.8 Å². The van der Waals surface area contributed by atoms with Gasteiger partial charge < -0.3 is 9.47 Å². The van der Waals surface area contributed by atoms with Crippen molar-refractivity contribution in [2.45, 2.75) is 0 Å². The number of imide groups is 1. The summed E-state index contributed by atoms with van der Waals surface area (Å²) in [6, 6.07) is 5.06. The Hall–Kier alpha value is -2.30. The maximum Gasteiger partial charge on any atom is 0.259 e. The highest BCUT2D eigenvalue weighted by Gasteiger charge is 2.24. The minimum Gasteiger partial charge on any atom is -0.497 e. The Balaban J connectivity index is 2.53. The zero-order valence-corrected chi connectivity index (χ0v) is 9.44. The van der Waals surface area contributed by atoms with Gasteiger partial charge in [-0.05, 0) is 18.2 Å². The monoisotopic (exact) mass is 233 g/mol. The van der Waals surface area contributed by atoms with E-state index in [1.807, 2.05) is 0 Å². The van der Waals surface area contributed by atoms with Crippen LogP contribution in [0, 0.1) is 0 Å². The van der Waals surface area contributed by atoms with Crippen LogP contribution in [0.25, 0.3) is 5.57 Å². The van der Waals surface area contributed by atoms with Gasteiger partial charge in [0.1, 0.15) is 11.5 Å². The predicted octanol–water partition coefficient (Wildman–Crippen LogP) is 0.744. The summed E-state index contributed by atoms with van der Waals surface area (Å²) in [7, 11) is 3.03. The largest absolute Gasteiger partial charge is 0.497 e. The molecule has 1 aliphatic heterocycles. The highest BCUT2D eigenvalue weighted by atomic mass is 16.5. The second kappa shape index (κ2) is 4.29. The molecule has 0 saturated heterocycles. The first kappa shape index (κ1) is 11.2. The topological polar surface area (TPSA) is 64.6 Å². The van der Waals surface area contributed by atoms with Crippen molar-refractivity contribution in [2.24, 2.45) is 0 Å². The van der Waals surface area contributed by atoms with Crippen molar-refractivity contribution < 1.29 is 19.1 Å². The minimum atomic E-state index is -0.429. The molecule has 5 nitrogen and oxygen atoms in total. The zero-order chi connectivity index (χ0) is 12.4. The van der Waals surface area contributed by atoms with Crippen LogP contribution in [0.5, 0.6) is 11.5 Å². The first-order chi connectivity index (χ1) is 8.15. The van der Waals surface area contributed by atoms with Crippen LogP contribution < -0.4 is 14.8 Å². The summed E-state index contributed by atoms with van der Waals surface area (Å²) in [6.45, 7) is 0. The summed E-state index contributed by atoms with van der Waals surface area (Å²) in [5.74, 6) is 0.257. The Morgan fingerprint density at radius 2 is 1.88 bits per heavy atom. The number of hydrogen-bond donors (Lipinski definition) is 1. The fourth-order valence-electron chi connectivity index (χ4n) is 1.64. The molecule has 0 spiro atoms. The van der Waals surface area contributed by atoms with Crippen molar-refractivity contribution in [1.82, 2.24) is 5.32 Å². The molecule has 1 heterocycles. The zero-order valence-electron chi connectivity index (χ0n) is 9.44. The van der Waals surface area contributed by atoms with Gasteiger partial charge >= 0.3 is 0 Å². The standard InChI is InChI=1S/C12H11NO4/c1-16-7-3-4-10(17-2)8(5-7)9-6-11(14)13-12(9)15/h3-6H,1-2H3,(H,13,14,15). The maximum atomic E-state index is 11.6. The Bertz CT molecular complexity index is 519. The van der Waals surface area contributed by atoms with Crippen LogP contribution in [0.2, 0.25) is 0 Å². The summed E-state index contributed by atoms with van der Waals surface area (Å²) in [4.78, 5) is 22.7. The number of ether oxygens (including phenoxy) is 2. The quantitative estimate of drug-likeness (QED) is 0.782. The van der Waals surface area contributed by atoms with Gasteiger partial charge in [0.25, 0.3) is 11.8 Å². The van der Waals surface area contributed by atoms with E-state index in [1.165, 1.54) is 20.3 Å². The molecule has 2 rings (SSSR count). The van der Waals surface area contributed by atoms with E-state index in [1.54, 1.807) is 18.2 Å². The molecule has 0 atom stereocenters. The van der Waals surface area contributed by atoms with E-state index in [0.717, 1.165) is 0 Å². The molecule has 1 N–H and O–H groups in total. The maximum absolute atomic E-state index is 11.6. The molecule has 17 heavy (non-hydrogen) atoms. The lowest BCUT2D eigenvalue weighted by Crippen LogP contribution is -2.21. The van der Waals surface area contributed by atoms with E-state index in [0.29, 0.717) is 17.1 Å². The molecule has 0 fully saturated rings. The first-order valence-electron chi connectivity index (χ1n) is 4.95. The molecule has 0 radical (unpaired) electrons. The lowest BCUT2D eigenvalue weighted by atomic mass is 10.0. The normalized spacial score (nSPS) is 14.4. The highest BCUT2D eigenvalue weighted by Crippen LogP contribution is 2.31. The van der Waals surface area contributed by atoms with Gasteiger partial charge in [0.15, 0.2) is 0 Å². The van der Waals surface area contributed by atoms with Gasteiger partial charge in [-0.3, -0.25) is 14.9 Å². The predicted molar refractivity (Wildman–Crippen MR) is 60.7 cm³/mol. The van der Waals surface area contributed by atoms with Gasteiger partial charge in [0.2, 0.25) is 0 Å². The molecule has 88 valence electrons. The van der Waals surface area contributed by atoms with Gasteiger partial charge in [-0.25, -0.2) is 0 Å². The number of carbonyl (C=O) groups is 2. The average molecular weight is 233 g/mol. The molecule has 0 aliphatic carbocycles. The van der Waals surface area contributed by atoms with Crippen molar-refractivity contribution in [3.63, 3.8) is 0 Å². The molecule has 0 unspecified atom stereocenters. The molecule has 5 heteroatoms. The van der Waals surface area contributed by atoms with E-state index in [-0.39, 0.29) is 5.57 Å². The second-order valence-corrected chi connectivity index (χ2v) is 3.44. The first-order valence-corrected chi connectivity index (χ1v) is 4.95. The third kappa shape index (κ3) is 1.99. The fraction of sp³-hybridized carbons (Fsp3) is 0.167. The van der Waals surface area contributed by atoms with Crippen molar-refractivity contribution in [1.29, 1.82) is 0 Å². The van der Waals surface area contributed by atoms with Gasteiger partial charge in [-0.15, -0.1) is 0 Å². The van der Waals surface area contributed by atoms with Gasteiger partial charge in [0, 0.05) is 11.6 Å². The number of nitrogens with one attached hydrogen (secondary N) is 1. The number of amides is 2. The van der Waals surface area contributed by atoms with Crippen LogP contribution >= 0.6 is 0 Å². The van der Waals surface area contributed by atoms with Gasteiger partial charge in [-0.2, -0.15) is 0 Å². The molecule has 1 aromatic rings. The number of rotatable bonds is 3. The lowest BCUT2D eigenvalue weighted by molar-refractivity contribution is -0.123. The minimum absolute atomic E-state index is 0.283. The van der Waals surface area contributed by atoms with Crippen LogP contribution in [0.15, 0.2) is 24.3 Å². The lowest BCUT2D eigenvalue weighted by Gasteiger charge is -2.09. The molecule has 1 aliphatic rings. The summed E-state index contributed by atoms with van der Waals surface area (Å²) in [6.07, 6.45) is 1.25. The Labute approximate surface area is 98.0 Å². The third-order valence-electron chi connectivity index (χ3n) is 2.45. The molecule has 1 aromatic carbocycles. The van der Waals surface area contributed by atoms with E-state index >= 15 is 0 Å². The van der Waals surface area contributed by atoms with E-state index in [4.69, 9.17) is 9.47 Å². The van der Waals surface area contributed by atoms with Crippen LogP contribution in [0.1, 0.15) is 5.56 Å². The fourth-order valence-corrected chi connectivity index (χ4v) is 1.64. The Morgan fingerprint density at radius 3 is 2.41 bits per heavy atom. The number of carbonyl (C=O) groups excluding carboxylic acids is 2. The van der Waals surface area contributed by atoms with Crippen LogP contribution in [-0.2, 0) is 9.59 Å². The number of methoxy groups -OCH3 is 2. The summed E-state index contributed by atoms with van der Waals surface area (Å²) in [5, 5.41) is 2.19. The van der Waals surface area contributed by atoms with Crippen molar-refractivity contribution in [3.05, 3.63) is 29.8 Å². The molecule has 0 saturated carbocycles. The molecule has 0 aromatic heterocycles. The molecule has 0 bridgehead atoms. The SMILES string of the molecule is COc1ccc(OC)c(C2=CC(=O)NC2=O)c1. The van der Waals surface area contributed by atoms with Crippen LogP contribution in [-0.4, -0.2) is 26.0 Å². The molecule has 2 amide bonds. The summed E-state index contributed by atoms with van der Waals surface area (Å²) >= 11 is 0. The van der Waals surface area contributed by atoms with Crippen LogP contribution in [0.4, 0.5) is 0 Å². The summed E-state index contributed by atoms with van der Waals surface area (Å²) in [5.41, 5.74) is 0.820. The van der Waals surface area contributed by atoms with Crippen molar-refractivity contribution in [3.8, 4) is 11.5 Å². The van der Waals surface area contributed by atoms with E-state index in [2.05, 4.69) is 5.32 Å². The molecular weight excluding hydrogens is 222 g/mol. The van der Waals surface area contributed by atoms with Gasteiger partial charge in [0.05, 0.1) is 19.8 Å². The summed E-state index contributed by atoms with van der Waals surface area (Å²) < 4.78 is 10.2. The second-order valence-electron chi connectivity index (χ2n) is 3.44. The van der Waals surface area contributed by atoms with E-state index in [9.17, 15) is 9.59 Å². The smallest absolute Gasteiger partial charge is 0.259 e. The Kier molecular flexibility index (Phi) is 2.82.